The molecule has 2 heterocycles. The van der Waals surface area contributed by atoms with Gasteiger partial charge in [0.2, 0.25) is 11.8 Å². The minimum atomic E-state index is -0.252. The molecule has 29 heavy (non-hydrogen) atoms. The maximum absolute atomic E-state index is 12.7. The Labute approximate surface area is 171 Å². The van der Waals surface area contributed by atoms with E-state index in [2.05, 4.69) is 37.4 Å². The van der Waals surface area contributed by atoms with Gasteiger partial charge in [0, 0.05) is 19.0 Å². The average molecular weight is 396 g/mol. The van der Waals surface area contributed by atoms with Crippen LogP contribution in [0, 0.1) is 13.8 Å². The van der Waals surface area contributed by atoms with Crippen molar-refractivity contribution in [2.24, 2.45) is 0 Å². The Kier molecular flexibility index (Phi) is 6.88. The predicted molar refractivity (Wildman–Crippen MR) is 111 cm³/mol. The molecule has 1 N–H and O–H groups in total. The molecule has 3 rings (SSSR count). The lowest BCUT2D eigenvalue weighted by atomic mass is 9.98. The van der Waals surface area contributed by atoms with Gasteiger partial charge in [0.1, 0.15) is 11.9 Å². The minimum Gasteiger partial charge on any atom is -0.465 e. The van der Waals surface area contributed by atoms with Gasteiger partial charge in [0.15, 0.2) is 0 Å². The van der Waals surface area contributed by atoms with E-state index in [1.54, 1.807) is 24.5 Å². The average Bonchev–Trinajstić information content (AvgIpc) is 3.22. The van der Waals surface area contributed by atoms with Gasteiger partial charge in [-0.25, -0.2) is 0 Å². The summed E-state index contributed by atoms with van der Waals surface area (Å²) in [5.74, 6) is 0.375. The van der Waals surface area contributed by atoms with Crippen LogP contribution in [0.5, 0.6) is 0 Å². The number of ether oxygens (including phenoxy) is 1. The van der Waals surface area contributed by atoms with Crippen molar-refractivity contribution in [3.8, 4) is 0 Å². The third-order valence-corrected chi connectivity index (χ3v) is 5.12. The fourth-order valence-electron chi connectivity index (χ4n) is 3.44. The third kappa shape index (κ3) is 5.57. The summed E-state index contributed by atoms with van der Waals surface area (Å²) in [4.78, 5) is 26.5. The molecule has 0 bridgehead atoms. The van der Waals surface area contributed by atoms with E-state index in [0.717, 1.165) is 11.1 Å². The Hall–Kier alpha value is -2.86. The van der Waals surface area contributed by atoms with Crippen molar-refractivity contribution in [2.45, 2.75) is 39.3 Å². The van der Waals surface area contributed by atoms with Gasteiger partial charge in [0.05, 0.1) is 25.5 Å². The molecule has 6 nitrogen and oxygen atoms in total. The van der Waals surface area contributed by atoms with Crippen molar-refractivity contribution < 1.29 is 18.7 Å². The van der Waals surface area contributed by atoms with Crippen LogP contribution >= 0.6 is 0 Å². The van der Waals surface area contributed by atoms with Crippen LogP contribution in [0.2, 0.25) is 0 Å². The molecular formula is C23H28N2O4. The Balaban J connectivity index is 1.52. The number of morpholine rings is 1. The number of nitrogens with zero attached hydrogens (tertiary/aromatic N) is 1. The molecule has 0 aliphatic carbocycles. The first-order valence-electron chi connectivity index (χ1n) is 9.91. The monoisotopic (exact) mass is 396 g/mol. The van der Waals surface area contributed by atoms with Crippen LogP contribution in [0.4, 0.5) is 0 Å². The number of rotatable bonds is 6. The number of furan rings is 1. The fraction of sp³-hybridized carbons (Fsp3) is 0.391. The third-order valence-electron chi connectivity index (χ3n) is 5.12. The highest BCUT2D eigenvalue weighted by Crippen LogP contribution is 2.28. The van der Waals surface area contributed by atoms with Crippen molar-refractivity contribution in [2.75, 3.05) is 19.7 Å². The van der Waals surface area contributed by atoms with E-state index in [9.17, 15) is 9.59 Å². The van der Waals surface area contributed by atoms with E-state index in [-0.39, 0.29) is 30.4 Å². The van der Waals surface area contributed by atoms with Gasteiger partial charge in [-0.05, 0) is 50.1 Å². The highest BCUT2D eigenvalue weighted by Gasteiger charge is 2.30. The zero-order valence-corrected chi connectivity index (χ0v) is 17.2. The van der Waals surface area contributed by atoms with Gasteiger partial charge in [0.25, 0.3) is 0 Å². The molecule has 2 atom stereocenters. The smallest absolute Gasteiger partial charge is 0.244 e. The molecule has 6 heteroatoms. The normalized spacial score (nSPS) is 19.5. The number of nitrogens with one attached hydrogen (secondary N) is 1. The molecule has 1 aliphatic rings. The molecule has 0 radical (unpaired) electrons. The predicted octanol–water partition coefficient (Wildman–Crippen LogP) is 3.40. The summed E-state index contributed by atoms with van der Waals surface area (Å²) < 4.78 is 11.2. The van der Waals surface area contributed by atoms with E-state index < -0.39 is 0 Å². The maximum atomic E-state index is 12.7. The van der Waals surface area contributed by atoms with Crippen molar-refractivity contribution in [3.63, 3.8) is 0 Å². The van der Waals surface area contributed by atoms with Crippen LogP contribution in [-0.2, 0) is 14.3 Å². The first kappa shape index (κ1) is 20.9. The Morgan fingerprint density at radius 1 is 1.28 bits per heavy atom. The Bertz CT molecular complexity index is 873. The number of benzene rings is 1. The highest BCUT2D eigenvalue weighted by molar-refractivity contribution is 5.91. The van der Waals surface area contributed by atoms with Crippen LogP contribution in [0.3, 0.4) is 0 Å². The van der Waals surface area contributed by atoms with Crippen LogP contribution in [0.1, 0.15) is 41.9 Å². The van der Waals surface area contributed by atoms with Gasteiger partial charge in [-0.2, -0.15) is 0 Å². The number of hydrogen-bond donors (Lipinski definition) is 1. The SMILES string of the molecule is Cc1ccc(C)c(C2CN(C(=O)CCNC(=O)C=Cc3ccco3)C(C)CO2)c1. The van der Waals surface area contributed by atoms with Gasteiger partial charge >= 0.3 is 0 Å². The highest BCUT2D eigenvalue weighted by atomic mass is 16.5. The molecular weight excluding hydrogens is 368 g/mol. The van der Waals surface area contributed by atoms with Gasteiger partial charge in [-0.1, -0.05) is 23.8 Å². The molecule has 1 aliphatic heterocycles. The van der Waals surface area contributed by atoms with Crippen molar-refractivity contribution >= 4 is 17.9 Å². The summed E-state index contributed by atoms with van der Waals surface area (Å²) in [5.41, 5.74) is 3.47. The van der Waals surface area contributed by atoms with Gasteiger partial charge in [-0.3, -0.25) is 9.59 Å². The van der Waals surface area contributed by atoms with Crippen LogP contribution in [0.15, 0.2) is 47.1 Å². The molecule has 154 valence electrons. The zero-order chi connectivity index (χ0) is 20.8. The summed E-state index contributed by atoms with van der Waals surface area (Å²) in [6, 6.07) is 9.83. The summed E-state index contributed by atoms with van der Waals surface area (Å²) in [6.45, 7) is 7.42. The summed E-state index contributed by atoms with van der Waals surface area (Å²) in [5, 5.41) is 2.74. The maximum Gasteiger partial charge on any atom is 0.244 e. The standard InChI is InChI=1S/C23H28N2O4/c1-16-6-7-17(2)20(13-16)21-14-25(18(3)15-29-21)23(27)10-11-24-22(26)9-8-19-5-4-12-28-19/h4-9,12-13,18,21H,10-11,14-15H2,1-3H3,(H,24,26). The lowest BCUT2D eigenvalue weighted by Gasteiger charge is -2.39. The van der Waals surface area contributed by atoms with E-state index in [0.29, 0.717) is 25.5 Å². The van der Waals surface area contributed by atoms with Crippen LogP contribution in [-0.4, -0.2) is 42.5 Å². The lowest BCUT2D eigenvalue weighted by Crippen LogP contribution is -2.49. The molecule has 2 amide bonds. The first-order valence-corrected chi connectivity index (χ1v) is 9.91. The number of carbonyl (C=O) groups is 2. The molecule has 1 aromatic heterocycles. The second-order valence-electron chi connectivity index (χ2n) is 7.47. The van der Waals surface area contributed by atoms with Gasteiger partial charge < -0.3 is 19.4 Å². The van der Waals surface area contributed by atoms with Crippen LogP contribution in [0.25, 0.3) is 6.08 Å². The number of amides is 2. The molecule has 0 spiro atoms. The molecule has 2 unspecified atom stereocenters. The Morgan fingerprint density at radius 3 is 2.86 bits per heavy atom. The van der Waals surface area contributed by atoms with Gasteiger partial charge in [-0.15, -0.1) is 0 Å². The summed E-state index contributed by atoms with van der Waals surface area (Å²) in [6.07, 6.45) is 4.67. The zero-order valence-electron chi connectivity index (χ0n) is 17.2. The van der Waals surface area contributed by atoms with Crippen molar-refractivity contribution in [1.82, 2.24) is 10.2 Å². The first-order chi connectivity index (χ1) is 13.9. The fourth-order valence-corrected chi connectivity index (χ4v) is 3.44. The summed E-state index contributed by atoms with van der Waals surface area (Å²) >= 11 is 0. The molecule has 0 saturated carbocycles. The molecule has 2 aromatic rings. The van der Waals surface area contributed by atoms with E-state index in [4.69, 9.17) is 9.15 Å². The Morgan fingerprint density at radius 2 is 2.10 bits per heavy atom. The van der Waals surface area contributed by atoms with Crippen molar-refractivity contribution in [3.05, 3.63) is 65.1 Å². The lowest BCUT2D eigenvalue weighted by molar-refractivity contribution is -0.144. The largest absolute Gasteiger partial charge is 0.465 e. The number of hydrogen-bond acceptors (Lipinski definition) is 4. The topological polar surface area (TPSA) is 71.8 Å². The van der Waals surface area contributed by atoms with E-state index in [1.165, 1.54) is 11.6 Å². The second-order valence-corrected chi connectivity index (χ2v) is 7.47. The minimum absolute atomic E-state index is 0.0124. The number of aryl methyl sites for hydroxylation is 2. The van der Waals surface area contributed by atoms with E-state index >= 15 is 0 Å². The second kappa shape index (κ2) is 9.56. The summed E-state index contributed by atoms with van der Waals surface area (Å²) in [7, 11) is 0. The van der Waals surface area contributed by atoms with E-state index in [1.807, 2.05) is 11.8 Å². The quantitative estimate of drug-likeness (QED) is 0.760. The number of carbonyl (C=O) groups excluding carboxylic acids is 2. The molecule has 1 saturated heterocycles. The molecule has 1 aromatic carbocycles. The van der Waals surface area contributed by atoms with Crippen LogP contribution < -0.4 is 5.32 Å². The molecule has 1 fully saturated rings. The van der Waals surface area contributed by atoms with Crippen molar-refractivity contribution in [1.29, 1.82) is 0 Å².